The van der Waals surface area contributed by atoms with Crippen LogP contribution in [0.3, 0.4) is 0 Å². The summed E-state index contributed by atoms with van der Waals surface area (Å²) in [7, 11) is -9.12. The molecule has 1 fully saturated rings. The number of sulfonamides is 1. The summed E-state index contributed by atoms with van der Waals surface area (Å²) < 4.78 is 198. The number of carbonyl (C=O) groups excluding carboxylic acids is 2. The molecular weight excluding hydrogens is 1090 g/mol. The number of aliphatic carboxylic acids is 2. The fourth-order valence-electron chi connectivity index (χ4n) is 8.44. The van der Waals surface area contributed by atoms with E-state index in [1.165, 1.54) is 13.8 Å². The number of carbonyl (C=O) groups is 4. The van der Waals surface area contributed by atoms with E-state index < -0.39 is 184 Å². The van der Waals surface area contributed by atoms with Gasteiger partial charge in [-0.3, -0.25) is 23.7 Å². The van der Waals surface area contributed by atoms with Crippen LogP contribution >= 0.6 is 11.6 Å². The molecular formula is C44H37ClF10N8O10S2. The summed E-state index contributed by atoms with van der Waals surface area (Å²) in [6, 6.07) is 2.16. The molecule has 3 N–H and O–H groups in total. The Hall–Kier alpha value is -7.00. The Labute approximate surface area is 422 Å². The van der Waals surface area contributed by atoms with E-state index in [1.54, 1.807) is 0 Å². The second-order valence-corrected chi connectivity index (χ2v) is 22.8. The Morgan fingerprint density at radius 3 is 2.05 bits per heavy atom. The van der Waals surface area contributed by atoms with Gasteiger partial charge < -0.3 is 20.4 Å². The number of halogens is 11. The Kier molecular flexibility index (Phi) is 14.3. The lowest BCUT2D eigenvalue weighted by Gasteiger charge is -2.26. The number of carboxylic acid groups (broad SMARTS) is 2. The lowest BCUT2D eigenvalue weighted by atomic mass is 9.93. The normalized spacial score (nSPS) is 16.6. The van der Waals surface area contributed by atoms with Gasteiger partial charge in [-0.2, -0.15) is 49.6 Å². The summed E-state index contributed by atoms with van der Waals surface area (Å²) in [6.45, 7) is -4.05. The zero-order valence-corrected chi connectivity index (χ0v) is 41.2. The molecule has 0 radical (unpaired) electrons. The number of anilines is 1. The molecule has 1 unspecified atom stereocenters. The molecule has 2 aromatic carbocycles. The van der Waals surface area contributed by atoms with Crippen molar-refractivity contribution in [2.24, 2.45) is 5.92 Å². The van der Waals surface area contributed by atoms with E-state index in [-0.39, 0.29) is 36.2 Å². The summed E-state index contributed by atoms with van der Waals surface area (Å²) in [5.74, 6) is -10.4. The maximum atomic E-state index is 15.6. The number of sulfone groups is 1. The maximum Gasteiger partial charge on any atom is 0.435 e. The monoisotopic (exact) mass is 1130 g/mol. The molecule has 402 valence electrons. The largest absolute Gasteiger partial charge is 0.480 e. The molecule has 0 spiro atoms. The number of hydrogen-bond donors (Lipinski definition) is 3. The fraction of sp³-hybridized carbons (Fsp3) is 0.386. The van der Waals surface area contributed by atoms with Crippen LogP contribution in [-0.4, -0.2) is 117 Å². The minimum absolute atomic E-state index is 0.0151. The summed E-state index contributed by atoms with van der Waals surface area (Å²) in [5.41, 5.74) is -6.71. The number of amides is 3. The first kappa shape index (κ1) is 55.7. The van der Waals surface area contributed by atoms with Crippen molar-refractivity contribution in [1.29, 1.82) is 0 Å². The molecule has 0 aliphatic heterocycles. The van der Waals surface area contributed by atoms with Gasteiger partial charge in [0.2, 0.25) is 15.9 Å². The molecule has 5 aromatic rings. The number of urea groups is 1. The molecule has 2 aliphatic carbocycles. The quantitative estimate of drug-likeness (QED) is 0.0736. The van der Waals surface area contributed by atoms with Crippen molar-refractivity contribution in [3.05, 3.63) is 93.0 Å². The number of aromatic nitrogens is 5. The molecule has 18 nitrogen and oxygen atoms in total. The second kappa shape index (κ2) is 19.3. The van der Waals surface area contributed by atoms with Crippen molar-refractivity contribution < 1.29 is 90.1 Å². The van der Waals surface area contributed by atoms with E-state index in [2.05, 4.69) is 32.3 Å². The average molecular weight is 1130 g/mol. The Balaban J connectivity index is 1.50. The van der Waals surface area contributed by atoms with Crippen molar-refractivity contribution in [3.63, 3.8) is 0 Å². The minimum Gasteiger partial charge on any atom is -0.480 e. The van der Waals surface area contributed by atoms with Crippen LogP contribution in [0.15, 0.2) is 42.5 Å². The lowest BCUT2D eigenvalue weighted by Crippen LogP contribution is -2.49. The number of carboxylic acids is 2. The van der Waals surface area contributed by atoms with E-state index >= 15 is 8.78 Å². The SMILES string of the molecule is CC(C)(C#Cc1ccc(-c2ccc(Cl)c3c(N(C(=O)N(CC(=O)O)CC(=O)O)S(C)(=O)=O)nn(CC(F)(F)F)c23)c([C@H](Cc2cc(F)cc(F)c2)NC(=O)Cn2nc(C(F)(F)F)c3c2C(F)(F)[C@@H]2CC32)n1)S(C)(=O)=O. The van der Waals surface area contributed by atoms with Crippen LogP contribution in [0, 0.1) is 29.4 Å². The average Bonchev–Trinajstić information content (AvgIpc) is 3.76. The number of pyridine rings is 1. The Bertz CT molecular complexity index is 3480. The van der Waals surface area contributed by atoms with E-state index in [9.17, 15) is 81.4 Å². The van der Waals surface area contributed by atoms with E-state index in [1.807, 2.05) is 0 Å². The van der Waals surface area contributed by atoms with Gasteiger partial charge in [-0.25, -0.2) is 35.4 Å². The van der Waals surface area contributed by atoms with Gasteiger partial charge in [0.1, 0.15) is 53.9 Å². The first-order valence-electron chi connectivity index (χ1n) is 21.4. The third-order valence-corrected chi connectivity index (χ3v) is 15.2. The summed E-state index contributed by atoms with van der Waals surface area (Å²) in [4.78, 5) is 56.0. The van der Waals surface area contributed by atoms with Crippen molar-refractivity contribution in [1.82, 2.24) is 34.8 Å². The van der Waals surface area contributed by atoms with E-state index in [0.717, 1.165) is 42.7 Å². The number of hydrogen-bond acceptors (Lipinski definition) is 11. The molecule has 3 atom stereocenters. The topological polar surface area (TPSA) is 244 Å². The fourth-order valence-corrected chi connectivity index (χ4v) is 9.75. The lowest BCUT2D eigenvalue weighted by molar-refractivity contribution is -0.143. The number of benzene rings is 2. The van der Waals surface area contributed by atoms with Gasteiger partial charge in [-0.15, -0.1) is 0 Å². The zero-order valence-electron chi connectivity index (χ0n) is 38.8. The number of rotatable bonds is 15. The standard InChI is InChI=1S/C44H37ClF10N8O10S2/c1-41(2,74(3,70)71)10-9-23-5-6-24(25-7-8-28(45)34-36(25)62(19-42(48,49)50)59-39(34)63(75(4,72)73)40(69)60(17-31(65)66)18-32(67)68)35(56-23)29(13-20-11-21(46)14-22(47)12-20)57-30(64)16-61-38-33(37(58-61)44(53,54)55)26-15-27(26)43(38,51)52/h5-8,11-12,14,26-27,29H,13,15-19H2,1-4H3,(H,57,64)(H,65,66)(H,67,68)/t26?,27-,29+/m1/s1. The summed E-state index contributed by atoms with van der Waals surface area (Å²) >= 11 is 6.57. The third kappa shape index (κ3) is 11.5. The van der Waals surface area contributed by atoms with Crippen LogP contribution in [0.1, 0.15) is 66.1 Å². The van der Waals surface area contributed by atoms with Crippen molar-refractivity contribution >= 4 is 72.1 Å². The van der Waals surface area contributed by atoms with Crippen molar-refractivity contribution in [3.8, 4) is 23.0 Å². The molecule has 3 heterocycles. The van der Waals surface area contributed by atoms with Gasteiger partial charge in [0.15, 0.2) is 21.3 Å². The molecule has 2 aliphatic rings. The molecule has 3 amide bonds. The van der Waals surface area contributed by atoms with Gasteiger partial charge >= 0.3 is 30.3 Å². The van der Waals surface area contributed by atoms with E-state index in [0.29, 0.717) is 12.3 Å². The van der Waals surface area contributed by atoms with Crippen LogP contribution in [0.4, 0.5) is 54.5 Å². The molecule has 1 saturated carbocycles. The Morgan fingerprint density at radius 2 is 1.51 bits per heavy atom. The minimum atomic E-state index is -5.27. The Morgan fingerprint density at radius 1 is 0.907 bits per heavy atom. The third-order valence-electron chi connectivity index (χ3n) is 11.9. The van der Waals surface area contributed by atoms with Gasteiger partial charge in [0, 0.05) is 34.9 Å². The summed E-state index contributed by atoms with van der Waals surface area (Å²) in [5, 5.41) is 26.9. The first-order valence-corrected chi connectivity index (χ1v) is 25.5. The smallest absolute Gasteiger partial charge is 0.435 e. The van der Waals surface area contributed by atoms with Gasteiger partial charge in [-0.1, -0.05) is 23.6 Å². The van der Waals surface area contributed by atoms with Crippen LogP contribution in [0.2, 0.25) is 5.02 Å². The number of nitrogens with one attached hydrogen (secondary N) is 1. The van der Waals surface area contributed by atoms with Crippen LogP contribution in [0.5, 0.6) is 0 Å². The number of fused-ring (bicyclic) bond motifs is 4. The van der Waals surface area contributed by atoms with Gasteiger partial charge in [0.25, 0.3) is 5.92 Å². The van der Waals surface area contributed by atoms with Crippen molar-refractivity contribution in [2.75, 3.05) is 29.9 Å². The molecule has 0 bridgehead atoms. The van der Waals surface area contributed by atoms with Crippen molar-refractivity contribution in [2.45, 2.75) is 74.8 Å². The second-order valence-electron chi connectivity index (χ2n) is 18.0. The highest BCUT2D eigenvalue weighted by molar-refractivity contribution is 7.93. The van der Waals surface area contributed by atoms with E-state index in [4.69, 9.17) is 11.6 Å². The van der Waals surface area contributed by atoms with Crippen LogP contribution in [-0.2, 0) is 65.9 Å². The molecule has 0 saturated heterocycles. The highest BCUT2D eigenvalue weighted by Gasteiger charge is 2.68. The maximum absolute atomic E-state index is 15.6. The zero-order chi connectivity index (χ0) is 55.9. The predicted octanol–water partition coefficient (Wildman–Crippen LogP) is 6.65. The molecule has 75 heavy (non-hydrogen) atoms. The molecule has 3 aromatic heterocycles. The number of alkyl halides is 8. The van der Waals surface area contributed by atoms with Crippen LogP contribution < -0.4 is 9.62 Å². The summed E-state index contributed by atoms with van der Waals surface area (Å²) in [6.07, 6.45) is -10.5. The van der Waals surface area contributed by atoms with Gasteiger partial charge in [0.05, 0.1) is 33.9 Å². The highest BCUT2D eigenvalue weighted by atomic mass is 35.5. The number of nitrogens with zero attached hydrogens (tertiary/aromatic N) is 7. The highest BCUT2D eigenvalue weighted by Crippen LogP contribution is 2.68. The predicted molar refractivity (Wildman–Crippen MR) is 242 cm³/mol. The first-order chi connectivity index (χ1) is 34.4. The molecule has 31 heteroatoms. The molecule has 7 rings (SSSR count). The van der Waals surface area contributed by atoms with Crippen LogP contribution in [0.25, 0.3) is 22.0 Å². The van der Waals surface area contributed by atoms with Gasteiger partial charge in [-0.05, 0) is 74.4 Å².